The van der Waals surface area contributed by atoms with Crippen molar-refractivity contribution in [1.82, 2.24) is 0 Å². The van der Waals surface area contributed by atoms with Gasteiger partial charge in [0.2, 0.25) is 0 Å². The van der Waals surface area contributed by atoms with Crippen LogP contribution in [0.25, 0.3) is 0 Å². The lowest BCUT2D eigenvalue weighted by Gasteiger charge is -2.35. The fourth-order valence-electron chi connectivity index (χ4n) is 3.22. The third kappa shape index (κ3) is 2.92. The number of thioether (sulfide) groups is 1. The Morgan fingerprint density at radius 2 is 1.95 bits per heavy atom. The number of hydrogen-bond acceptors (Lipinski definition) is 3. The highest BCUT2D eigenvalue weighted by molar-refractivity contribution is 7.99. The molecule has 19 heavy (non-hydrogen) atoms. The zero-order chi connectivity index (χ0) is 13.1. The Balaban J connectivity index is 1.83. The molecule has 2 N–H and O–H groups in total. The van der Waals surface area contributed by atoms with Crippen LogP contribution < -0.4 is 10.5 Å². The molecule has 1 saturated carbocycles. The molecule has 0 radical (unpaired) electrons. The molecule has 2 nitrogen and oxygen atoms in total. The molecule has 1 heterocycles. The van der Waals surface area contributed by atoms with Crippen molar-refractivity contribution in [3.63, 3.8) is 0 Å². The molecule has 1 unspecified atom stereocenters. The van der Waals surface area contributed by atoms with Gasteiger partial charge in [-0.05, 0) is 31.1 Å². The Bertz CT molecular complexity index is 423. The summed E-state index contributed by atoms with van der Waals surface area (Å²) in [6, 6.07) is 8.42. The van der Waals surface area contributed by atoms with Crippen molar-refractivity contribution in [2.45, 2.75) is 50.2 Å². The Kier molecular flexibility index (Phi) is 4.04. The third-order valence-corrected chi connectivity index (χ3v) is 5.48. The maximum Gasteiger partial charge on any atom is 0.124 e. The van der Waals surface area contributed by atoms with E-state index >= 15 is 0 Å². The zero-order valence-corrected chi connectivity index (χ0v) is 12.3. The Morgan fingerprint density at radius 1 is 1.16 bits per heavy atom. The summed E-state index contributed by atoms with van der Waals surface area (Å²) in [6.45, 7) is 0. The van der Waals surface area contributed by atoms with Crippen LogP contribution in [0.1, 0.15) is 44.1 Å². The van der Waals surface area contributed by atoms with Crippen molar-refractivity contribution in [2.75, 3.05) is 11.5 Å². The molecule has 1 saturated heterocycles. The summed E-state index contributed by atoms with van der Waals surface area (Å²) in [5, 5.41) is 0. The number of nitrogens with two attached hydrogens (primary N) is 1. The molecule has 1 aromatic carbocycles. The summed E-state index contributed by atoms with van der Waals surface area (Å²) in [7, 11) is 0. The third-order valence-electron chi connectivity index (χ3n) is 4.35. The second-order valence-electron chi connectivity index (χ2n) is 5.82. The molecule has 1 atom stereocenters. The first-order valence-electron chi connectivity index (χ1n) is 7.41. The monoisotopic (exact) mass is 277 g/mol. The van der Waals surface area contributed by atoms with Gasteiger partial charge in [0, 0.05) is 16.9 Å². The van der Waals surface area contributed by atoms with Gasteiger partial charge in [0.15, 0.2) is 0 Å². The second kappa shape index (κ2) is 5.76. The maximum absolute atomic E-state index is 6.67. The molecule has 1 aromatic rings. The van der Waals surface area contributed by atoms with E-state index in [9.17, 15) is 0 Å². The normalized spacial score (nSPS) is 26.3. The zero-order valence-electron chi connectivity index (χ0n) is 11.4. The summed E-state index contributed by atoms with van der Waals surface area (Å²) in [5.74, 6) is 3.37. The van der Waals surface area contributed by atoms with Gasteiger partial charge >= 0.3 is 0 Å². The van der Waals surface area contributed by atoms with E-state index in [2.05, 4.69) is 24.3 Å². The van der Waals surface area contributed by atoms with Crippen LogP contribution in [0.2, 0.25) is 0 Å². The van der Waals surface area contributed by atoms with Crippen LogP contribution in [0.3, 0.4) is 0 Å². The van der Waals surface area contributed by atoms with Crippen LogP contribution in [-0.4, -0.2) is 17.6 Å². The molecular weight excluding hydrogens is 254 g/mol. The van der Waals surface area contributed by atoms with Crippen molar-refractivity contribution >= 4 is 11.8 Å². The van der Waals surface area contributed by atoms with Crippen molar-refractivity contribution in [3.8, 4) is 5.75 Å². The first-order chi connectivity index (χ1) is 9.28. The molecule has 0 amide bonds. The highest BCUT2D eigenvalue weighted by Crippen LogP contribution is 2.40. The molecule has 0 aromatic heterocycles. The smallest absolute Gasteiger partial charge is 0.124 e. The minimum atomic E-state index is -0.166. The quantitative estimate of drug-likeness (QED) is 0.915. The summed E-state index contributed by atoms with van der Waals surface area (Å²) >= 11 is 1.99. The van der Waals surface area contributed by atoms with E-state index < -0.39 is 0 Å². The number of benzene rings is 1. The average molecular weight is 277 g/mol. The summed E-state index contributed by atoms with van der Waals surface area (Å²) in [5.41, 5.74) is 7.73. The summed E-state index contributed by atoms with van der Waals surface area (Å²) in [6.07, 6.45) is 7.52. The van der Waals surface area contributed by atoms with E-state index in [0.717, 1.165) is 30.8 Å². The first-order valence-corrected chi connectivity index (χ1v) is 8.56. The second-order valence-corrected chi connectivity index (χ2v) is 6.97. The van der Waals surface area contributed by atoms with Crippen molar-refractivity contribution in [1.29, 1.82) is 0 Å². The topological polar surface area (TPSA) is 35.2 Å². The van der Waals surface area contributed by atoms with E-state index in [4.69, 9.17) is 10.5 Å². The van der Waals surface area contributed by atoms with Gasteiger partial charge in [-0.1, -0.05) is 37.5 Å². The van der Waals surface area contributed by atoms with Crippen LogP contribution in [0.15, 0.2) is 24.3 Å². The van der Waals surface area contributed by atoms with Gasteiger partial charge in [0.1, 0.15) is 11.9 Å². The van der Waals surface area contributed by atoms with Gasteiger partial charge in [-0.15, -0.1) is 0 Å². The summed E-state index contributed by atoms with van der Waals surface area (Å²) in [4.78, 5) is 0. The number of hydrogen-bond donors (Lipinski definition) is 1. The molecule has 2 aliphatic rings. The van der Waals surface area contributed by atoms with Crippen molar-refractivity contribution < 1.29 is 4.74 Å². The van der Waals surface area contributed by atoms with Gasteiger partial charge in [-0.2, -0.15) is 11.8 Å². The molecule has 2 fully saturated rings. The van der Waals surface area contributed by atoms with Crippen molar-refractivity contribution in [3.05, 3.63) is 29.8 Å². The van der Waals surface area contributed by atoms with E-state index in [1.165, 1.54) is 30.6 Å². The standard InChI is InChI=1S/C16H23NOS/c17-16(9-4-1-5-10-16)14-6-2-3-7-15(14)18-13-8-11-19-12-13/h2-3,6-7,13H,1,4-5,8-12,17H2. The molecule has 0 bridgehead atoms. The van der Waals surface area contributed by atoms with Gasteiger partial charge < -0.3 is 10.5 Å². The molecule has 1 aliphatic heterocycles. The van der Waals surface area contributed by atoms with Gasteiger partial charge in [0.05, 0.1) is 0 Å². The molecule has 3 rings (SSSR count). The summed E-state index contributed by atoms with van der Waals surface area (Å²) < 4.78 is 6.22. The maximum atomic E-state index is 6.67. The van der Waals surface area contributed by atoms with Crippen LogP contribution in [-0.2, 0) is 5.54 Å². The van der Waals surface area contributed by atoms with Gasteiger partial charge in [-0.25, -0.2) is 0 Å². The minimum Gasteiger partial charge on any atom is -0.489 e. The fourth-order valence-corrected chi connectivity index (χ4v) is 4.31. The van der Waals surface area contributed by atoms with Crippen LogP contribution in [0, 0.1) is 0 Å². The van der Waals surface area contributed by atoms with E-state index in [1.807, 2.05) is 11.8 Å². The van der Waals surface area contributed by atoms with Crippen LogP contribution in [0.4, 0.5) is 0 Å². The predicted octanol–water partition coefficient (Wildman–Crippen LogP) is 3.69. The molecule has 104 valence electrons. The highest BCUT2D eigenvalue weighted by atomic mass is 32.2. The molecule has 1 aliphatic carbocycles. The lowest BCUT2D eigenvalue weighted by molar-refractivity contribution is 0.214. The lowest BCUT2D eigenvalue weighted by Crippen LogP contribution is -2.39. The Hall–Kier alpha value is -0.670. The largest absolute Gasteiger partial charge is 0.489 e. The lowest BCUT2D eigenvalue weighted by atomic mass is 9.77. The van der Waals surface area contributed by atoms with Crippen LogP contribution in [0.5, 0.6) is 5.75 Å². The average Bonchev–Trinajstić information content (AvgIpc) is 2.93. The van der Waals surface area contributed by atoms with Gasteiger partial charge in [-0.3, -0.25) is 0 Å². The van der Waals surface area contributed by atoms with E-state index in [1.54, 1.807) is 0 Å². The molecule has 0 spiro atoms. The van der Waals surface area contributed by atoms with Crippen LogP contribution >= 0.6 is 11.8 Å². The SMILES string of the molecule is NC1(c2ccccc2OC2CCSC2)CCCCC1. The molecule has 3 heteroatoms. The minimum absolute atomic E-state index is 0.166. The van der Waals surface area contributed by atoms with E-state index in [-0.39, 0.29) is 5.54 Å². The Labute approximate surface area is 120 Å². The predicted molar refractivity (Wildman–Crippen MR) is 81.8 cm³/mol. The van der Waals surface area contributed by atoms with E-state index in [0.29, 0.717) is 6.10 Å². The first kappa shape index (κ1) is 13.3. The highest BCUT2D eigenvalue weighted by Gasteiger charge is 2.32. The number of para-hydroxylation sites is 1. The number of rotatable bonds is 3. The fraction of sp³-hybridized carbons (Fsp3) is 0.625. The van der Waals surface area contributed by atoms with Crippen molar-refractivity contribution in [2.24, 2.45) is 5.73 Å². The Morgan fingerprint density at radius 3 is 2.68 bits per heavy atom. The molecular formula is C16H23NOS. The number of ether oxygens (including phenoxy) is 1. The van der Waals surface area contributed by atoms with Gasteiger partial charge in [0.25, 0.3) is 0 Å².